The van der Waals surface area contributed by atoms with Crippen LogP contribution in [0, 0.1) is 0 Å². The number of carbonyl (C=O) groups excluding carboxylic acids is 1. The predicted molar refractivity (Wildman–Crippen MR) is 84.5 cm³/mol. The first kappa shape index (κ1) is 13.8. The predicted octanol–water partition coefficient (Wildman–Crippen LogP) is 3.81. The summed E-state index contributed by atoms with van der Waals surface area (Å²) >= 11 is 6.84. The van der Waals surface area contributed by atoms with Crippen molar-refractivity contribution in [3.05, 3.63) is 62.3 Å². The lowest BCUT2D eigenvalue weighted by Gasteiger charge is -2.28. The zero-order chi connectivity index (χ0) is 14.1. The van der Waals surface area contributed by atoms with Crippen LogP contribution in [0.4, 0.5) is 0 Å². The molecule has 1 amide bonds. The van der Waals surface area contributed by atoms with Gasteiger partial charge in [0.2, 0.25) is 0 Å². The molecule has 0 unspecified atom stereocenters. The van der Waals surface area contributed by atoms with Gasteiger partial charge in [-0.05, 0) is 29.8 Å². The Morgan fingerprint density at radius 2 is 1.95 bits per heavy atom. The van der Waals surface area contributed by atoms with Gasteiger partial charge < -0.3 is 4.90 Å². The Balaban J connectivity index is 1.86. The van der Waals surface area contributed by atoms with Crippen LogP contribution in [0.25, 0.3) is 0 Å². The van der Waals surface area contributed by atoms with Crippen LogP contribution in [-0.2, 0) is 13.0 Å². The number of pyridine rings is 1. The van der Waals surface area contributed by atoms with Gasteiger partial charge in [-0.25, -0.2) is 0 Å². The highest BCUT2D eigenvalue weighted by atomic mass is 79.9. The van der Waals surface area contributed by atoms with Gasteiger partial charge in [0.15, 0.2) is 0 Å². The van der Waals surface area contributed by atoms with Gasteiger partial charge in [0.1, 0.15) is 0 Å². The summed E-state index contributed by atoms with van der Waals surface area (Å²) in [5.41, 5.74) is 2.94. The molecule has 1 aromatic carbocycles. The van der Waals surface area contributed by atoms with Gasteiger partial charge in [-0.1, -0.05) is 37.9 Å². The molecule has 102 valence electrons. The summed E-state index contributed by atoms with van der Waals surface area (Å²) in [6.07, 6.45) is 2.62. The maximum Gasteiger partial charge on any atom is 0.254 e. The van der Waals surface area contributed by atoms with Crippen molar-refractivity contribution in [2.45, 2.75) is 13.0 Å². The molecule has 0 saturated heterocycles. The highest BCUT2D eigenvalue weighted by Gasteiger charge is 2.22. The molecular formula is C15H12Br2N2O. The minimum Gasteiger partial charge on any atom is -0.334 e. The lowest BCUT2D eigenvalue weighted by atomic mass is 10.0. The van der Waals surface area contributed by atoms with E-state index in [-0.39, 0.29) is 5.91 Å². The summed E-state index contributed by atoms with van der Waals surface area (Å²) in [6.45, 7) is 1.35. The van der Waals surface area contributed by atoms with E-state index in [1.165, 1.54) is 0 Å². The van der Waals surface area contributed by atoms with Crippen LogP contribution in [0.5, 0.6) is 0 Å². The lowest BCUT2D eigenvalue weighted by molar-refractivity contribution is 0.0733. The van der Waals surface area contributed by atoms with Gasteiger partial charge in [-0.15, -0.1) is 0 Å². The number of halogens is 2. The van der Waals surface area contributed by atoms with Gasteiger partial charge in [-0.2, -0.15) is 0 Å². The van der Waals surface area contributed by atoms with E-state index in [0.29, 0.717) is 18.7 Å². The SMILES string of the molecule is O=C(c1cc(Br)cc(Br)c1)N1CCc2ncccc2C1. The van der Waals surface area contributed by atoms with E-state index >= 15 is 0 Å². The summed E-state index contributed by atoms with van der Waals surface area (Å²) in [4.78, 5) is 18.8. The molecule has 0 spiro atoms. The topological polar surface area (TPSA) is 33.2 Å². The summed E-state index contributed by atoms with van der Waals surface area (Å²) in [5.74, 6) is 0.0569. The van der Waals surface area contributed by atoms with Crippen LogP contribution < -0.4 is 0 Å². The second-order valence-electron chi connectivity index (χ2n) is 4.74. The molecule has 0 bridgehead atoms. The Bertz CT molecular complexity index is 652. The molecule has 3 rings (SSSR count). The van der Waals surface area contributed by atoms with Gasteiger partial charge >= 0.3 is 0 Å². The normalized spacial score (nSPS) is 14.0. The van der Waals surface area contributed by atoms with Crippen molar-refractivity contribution >= 4 is 37.8 Å². The van der Waals surface area contributed by atoms with E-state index in [1.54, 1.807) is 0 Å². The van der Waals surface area contributed by atoms with E-state index in [0.717, 1.165) is 26.6 Å². The average Bonchev–Trinajstić information content (AvgIpc) is 2.45. The quantitative estimate of drug-likeness (QED) is 0.735. The van der Waals surface area contributed by atoms with Crippen molar-refractivity contribution in [2.75, 3.05) is 6.54 Å². The zero-order valence-electron chi connectivity index (χ0n) is 10.6. The number of hydrogen-bond donors (Lipinski definition) is 0. The standard InChI is InChI=1S/C15H12Br2N2O/c16-12-6-11(7-13(17)8-12)15(20)19-5-3-14-10(9-19)2-1-4-18-14/h1-2,4,6-8H,3,5,9H2. The molecule has 2 aromatic rings. The molecule has 0 fully saturated rings. The summed E-state index contributed by atoms with van der Waals surface area (Å²) in [7, 11) is 0. The Morgan fingerprint density at radius 3 is 2.70 bits per heavy atom. The molecule has 1 aliphatic heterocycles. The van der Waals surface area contributed by atoms with Crippen molar-refractivity contribution in [3.63, 3.8) is 0 Å². The van der Waals surface area contributed by atoms with Crippen molar-refractivity contribution in [1.29, 1.82) is 0 Å². The van der Waals surface area contributed by atoms with Crippen molar-refractivity contribution in [3.8, 4) is 0 Å². The van der Waals surface area contributed by atoms with Crippen LogP contribution in [-0.4, -0.2) is 22.3 Å². The molecular weight excluding hydrogens is 384 g/mol. The Hall–Kier alpha value is -1.20. The third-order valence-corrected chi connectivity index (χ3v) is 4.28. The Morgan fingerprint density at radius 1 is 1.20 bits per heavy atom. The number of rotatable bonds is 1. The molecule has 5 heteroatoms. The van der Waals surface area contributed by atoms with E-state index < -0.39 is 0 Å². The van der Waals surface area contributed by atoms with E-state index in [1.807, 2.05) is 41.4 Å². The lowest BCUT2D eigenvalue weighted by Crippen LogP contribution is -2.36. The van der Waals surface area contributed by atoms with Gasteiger partial charge in [0, 0.05) is 45.9 Å². The molecule has 0 atom stereocenters. The number of hydrogen-bond acceptors (Lipinski definition) is 2. The Kier molecular flexibility index (Phi) is 3.89. The van der Waals surface area contributed by atoms with Crippen molar-refractivity contribution < 1.29 is 4.79 Å². The largest absolute Gasteiger partial charge is 0.334 e. The van der Waals surface area contributed by atoms with Crippen LogP contribution in [0.3, 0.4) is 0 Å². The smallest absolute Gasteiger partial charge is 0.254 e. The molecule has 1 aromatic heterocycles. The third-order valence-electron chi connectivity index (χ3n) is 3.36. The van der Waals surface area contributed by atoms with Crippen LogP contribution in [0.15, 0.2) is 45.5 Å². The van der Waals surface area contributed by atoms with Gasteiger partial charge in [0.05, 0.1) is 0 Å². The van der Waals surface area contributed by atoms with Crippen LogP contribution in [0.2, 0.25) is 0 Å². The van der Waals surface area contributed by atoms with Gasteiger partial charge in [-0.3, -0.25) is 9.78 Å². The fourth-order valence-electron chi connectivity index (χ4n) is 2.40. The zero-order valence-corrected chi connectivity index (χ0v) is 13.8. The maximum absolute atomic E-state index is 12.6. The minimum absolute atomic E-state index is 0.0569. The minimum atomic E-state index is 0.0569. The number of fused-ring (bicyclic) bond motifs is 1. The molecule has 0 aliphatic carbocycles. The van der Waals surface area contributed by atoms with Crippen molar-refractivity contribution in [2.24, 2.45) is 0 Å². The summed E-state index contributed by atoms with van der Waals surface area (Å²) in [5, 5.41) is 0. The number of benzene rings is 1. The monoisotopic (exact) mass is 394 g/mol. The second kappa shape index (κ2) is 5.66. The molecule has 0 radical (unpaired) electrons. The highest BCUT2D eigenvalue weighted by Crippen LogP contribution is 2.23. The van der Waals surface area contributed by atoms with Crippen LogP contribution in [0.1, 0.15) is 21.6 Å². The molecule has 1 aliphatic rings. The fourth-order valence-corrected chi connectivity index (χ4v) is 3.69. The first-order chi connectivity index (χ1) is 9.63. The second-order valence-corrected chi connectivity index (χ2v) is 6.58. The van der Waals surface area contributed by atoms with E-state index in [9.17, 15) is 4.79 Å². The molecule has 0 saturated carbocycles. The van der Waals surface area contributed by atoms with Crippen LogP contribution >= 0.6 is 31.9 Å². The number of aromatic nitrogens is 1. The number of nitrogens with zero attached hydrogens (tertiary/aromatic N) is 2. The summed E-state index contributed by atoms with van der Waals surface area (Å²) < 4.78 is 1.80. The average molecular weight is 396 g/mol. The van der Waals surface area contributed by atoms with E-state index in [2.05, 4.69) is 36.8 Å². The molecule has 3 nitrogen and oxygen atoms in total. The fraction of sp³-hybridized carbons (Fsp3) is 0.200. The molecule has 2 heterocycles. The maximum atomic E-state index is 12.6. The van der Waals surface area contributed by atoms with Crippen molar-refractivity contribution in [1.82, 2.24) is 9.88 Å². The number of amides is 1. The third kappa shape index (κ3) is 2.79. The number of carbonyl (C=O) groups is 1. The molecule has 20 heavy (non-hydrogen) atoms. The first-order valence-electron chi connectivity index (χ1n) is 6.31. The van der Waals surface area contributed by atoms with E-state index in [4.69, 9.17) is 0 Å². The highest BCUT2D eigenvalue weighted by molar-refractivity contribution is 9.11. The Labute approximate surface area is 134 Å². The van der Waals surface area contributed by atoms with Gasteiger partial charge in [0.25, 0.3) is 5.91 Å². The summed E-state index contributed by atoms with van der Waals surface area (Å²) in [6, 6.07) is 9.59. The molecule has 0 N–H and O–H groups in total. The first-order valence-corrected chi connectivity index (χ1v) is 7.90.